The second kappa shape index (κ2) is 12.7. The van der Waals surface area contributed by atoms with Gasteiger partial charge in [-0.25, -0.2) is 8.78 Å². The van der Waals surface area contributed by atoms with Gasteiger partial charge in [-0.05, 0) is 87.1 Å². The van der Waals surface area contributed by atoms with Gasteiger partial charge in [0, 0.05) is 17.8 Å². The van der Waals surface area contributed by atoms with E-state index in [0.29, 0.717) is 28.1 Å². The Balaban J connectivity index is 2.03. The third kappa shape index (κ3) is 7.76. The van der Waals surface area contributed by atoms with Crippen LogP contribution in [0, 0.1) is 11.6 Å². The average molecular weight is 557 g/mol. The number of nitrogens with zero attached hydrogens (tertiary/aromatic N) is 1. The fraction of sp³-hybridized carbons (Fsp3) is 0.419. The molecule has 1 heterocycles. The number of nitrogens with two attached hydrogens (primary N) is 1. The number of halogens is 2. The summed E-state index contributed by atoms with van der Waals surface area (Å²) in [5.41, 5.74) is 8.33. The smallest absolute Gasteiger partial charge is 0.308 e. The lowest BCUT2D eigenvalue weighted by atomic mass is 9.94. The minimum atomic E-state index is -1.10. The molecule has 1 aromatic heterocycles. The van der Waals surface area contributed by atoms with Gasteiger partial charge in [-0.15, -0.1) is 0 Å². The molecule has 0 radical (unpaired) electrons. The first kappa shape index (κ1) is 31.0. The van der Waals surface area contributed by atoms with Crippen LogP contribution in [0.4, 0.5) is 8.78 Å². The van der Waals surface area contributed by atoms with Crippen LogP contribution in [0.5, 0.6) is 0 Å². The molecule has 4 N–H and O–H groups in total. The van der Waals surface area contributed by atoms with Gasteiger partial charge in [0.25, 0.3) is 5.91 Å². The van der Waals surface area contributed by atoms with Crippen LogP contribution in [0.1, 0.15) is 75.9 Å². The zero-order valence-electron chi connectivity index (χ0n) is 23.6. The van der Waals surface area contributed by atoms with Crippen molar-refractivity contribution in [3.63, 3.8) is 0 Å². The molecule has 216 valence electrons. The molecule has 9 heteroatoms. The molecule has 0 bridgehead atoms. The van der Waals surface area contributed by atoms with Crippen LogP contribution in [0.25, 0.3) is 22.4 Å². The molecule has 0 unspecified atom stereocenters. The van der Waals surface area contributed by atoms with Gasteiger partial charge in [0.15, 0.2) is 0 Å². The monoisotopic (exact) mass is 556 g/mol. The Bertz CT molecular complexity index is 1330. The summed E-state index contributed by atoms with van der Waals surface area (Å²) in [5, 5.41) is 21.2. The highest BCUT2D eigenvalue weighted by Gasteiger charge is 2.30. The van der Waals surface area contributed by atoms with Crippen LogP contribution >= 0.6 is 0 Å². The van der Waals surface area contributed by atoms with Crippen molar-refractivity contribution in [1.29, 1.82) is 0 Å². The highest BCUT2D eigenvalue weighted by atomic mass is 19.1. The van der Waals surface area contributed by atoms with Crippen LogP contribution < -0.4 is 5.73 Å². The van der Waals surface area contributed by atoms with Crippen molar-refractivity contribution in [3.8, 4) is 22.4 Å². The van der Waals surface area contributed by atoms with E-state index >= 15 is 0 Å². The van der Waals surface area contributed by atoms with Gasteiger partial charge in [0.1, 0.15) is 17.2 Å². The Morgan fingerprint density at radius 1 is 0.925 bits per heavy atom. The molecule has 0 aliphatic rings. The Morgan fingerprint density at radius 3 is 1.93 bits per heavy atom. The highest BCUT2D eigenvalue weighted by molar-refractivity contribution is 6.05. The molecule has 0 aliphatic heterocycles. The van der Waals surface area contributed by atoms with Crippen LogP contribution in [-0.2, 0) is 16.1 Å². The topological polar surface area (TPSA) is 115 Å². The number of aliphatic hydroxyl groups excluding tert-OH is 2. The van der Waals surface area contributed by atoms with E-state index in [1.54, 1.807) is 45.0 Å². The van der Waals surface area contributed by atoms with Crippen LogP contribution in [-0.4, -0.2) is 44.5 Å². The molecule has 0 fully saturated rings. The van der Waals surface area contributed by atoms with Gasteiger partial charge in [-0.3, -0.25) is 9.59 Å². The maximum absolute atomic E-state index is 13.9. The summed E-state index contributed by atoms with van der Waals surface area (Å²) in [7, 11) is 0. The van der Waals surface area contributed by atoms with E-state index in [1.807, 2.05) is 18.4 Å². The Labute approximate surface area is 233 Å². The standard InChI is InChI=1S/C31H38F2N2O5/c1-18(2)28-27(30(34)39)26(19-6-10-21(32)11-7-19)29(20-8-12-22(33)13-9-20)35(28)15-14-23(36)16-24(37)17-25(38)40-31(3,4)5/h6-13,18,23-24,36-37H,14-17H2,1-5H3,(H2,34,39)/t23-,24-/m1/s1. The fourth-order valence-corrected chi connectivity index (χ4v) is 4.89. The SMILES string of the molecule is CC(C)c1c(C(N)=O)c(-c2ccc(F)cc2)c(-c2ccc(F)cc2)n1CC[C@@H](O)C[C@@H](O)CC(=O)OC(C)(C)C. The number of esters is 1. The summed E-state index contributed by atoms with van der Waals surface area (Å²) in [4.78, 5) is 24.9. The Hall–Kier alpha value is -3.56. The molecule has 0 aliphatic carbocycles. The largest absolute Gasteiger partial charge is 0.460 e. The van der Waals surface area contributed by atoms with Gasteiger partial charge in [0.2, 0.25) is 0 Å². The van der Waals surface area contributed by atoms with Crippen molar-refractivity contribution in [2.75, 3.05) is 0 Å². The number of aromatic nitrogens is 1. The van der Waals surface area contributed by atoms with Crippen molar-refractivity contribution < 1.29 is 33.3 Å². The van der Waals surface area contributed by atoms with Gasteiger partial charge in [0.05, 0.1) is 29.9 Å². The van der Waals surface area contributed by atoms with Gasteiger partial charge in [-0.2, -0.15) is 0 Å². The van der Waals surface area contributed by atoms with E-state index in [1.165, 1.54) is 24.3 Å². The van der Waals surface area contributed by atoms with Crippen molar-refractivity contribution in [2.45, 2.75) is 84.2 Å². The third-order valence-corrected chi connectivity index (χ3v) is 6.40. The lowest BCUT2D eigenvalue weighted by Gasteiger charge is -2.22. The van der Waals surface area contributed by atoms with Crippen molar-refractivity contribution in [3.05, 3.63) is 71.4 Å². The first-order chi connectivity index (χ1) is 18.7. The Kier molecular flexibility index (Phi) is 9.87. The molecule has 2 atom stereocenters. The molecule has 0 saturated heterocycles. The summed E-state index contributed by atoms with van der Waals surface area (Å²) < 4.78 is 34.8. The van der Waals surface area contributed by atoms with E-state index in [9.17, 15) is 28.6 Å². The second-order valence-electron chi connectivity index (χ2n) is 11.3. The summed E-state index contributed by atoms with van der Waals surface area (Å²) in [6.07, 6.45) is -2.22. The van der Waals surface area contributed by atoms with Crippen molar-refractivity contribution in [1.82, 2.24) is 4.57 Å². The van der Waals surface area contributed by atoms with Crippen LogP contribution in [0.3, 0.4) is 0 Å². The zero-order valence-corrected chi connectivity index (χ0v) is 23.6. The maximum Gasteiger partial charge on any atom is 0.308 e. The van der Waals surface area contributed by atoms with Crippen LogP contribution in [0.2, 0.25) is 0 Å². The normalized spacial score (nSPS) is 13.3. The average Bonchev–Trinajstić information content (AvgIpc) is 3.18. The molecule has 3 aromatic rings. The number of hydrogen-bond donors (Lipinski definition) is 3. The molecular formula is C31H38F2N2O5. The second-order valence-corrected chi connectivity index (χ2v) is 11.3. The minimum absolute atomic E-state index is 0.0586. The molecule has 40 heavy (non-hydrogen) atoms. The lowest BCUT2D eigenvalue weighted by molar-refractivity contribution is -0.157. The van der Waals surface area contributed by atoms with Crippen LogP contribution in [0.15, 0.2) is 48.5 Å². The predicted octanol–water partition coefficient (Wildman–Crippen LogP) is 5.56. The number of carbonyl (C=O) groups excluding carboxylic acids is 2. The predicted molar refractivity (Wildman–Crippen MR) is 150 cm³/mol. The van der Waals surface area contributed by atoms with Crippen molar-refractivity contribution >= 4 is 11.9 Å². The molecule has 7 nitrogen and oxygen atoms in total. The van der Waals surface area contributed by atoms with E-state index < -0.39 is 41.3 Å². The molecule has 2 aromatic carbocycles. The maximum atomic E-state index is 13.9. The molecule has 0 spiro atoms. The number of aliphatic hydroxyl groups is 2. The summed E-state index contributed by atoms with van der Waals surface area (Å²) in [6.45, 7) is 9.23. The van der Waals surface area contributed by atoms with Gasteiger partial charge >= 0.3 is 5.97 Å². The van der Waals surface area contributed by atoms with E-state index in [2.05, 4.69) is 0 Å². The number of amides is 1. The number of ether oxygens (including phenoxy) is 1. The number of benzene rings is 2. The molecule has 3 rings (SSSR count). The fourth-order valence-electron chi connectivity index (χ4n) is 4.89. The first-order valence-corrected chi connectivity index (χ1v) is 13.3. The summed E-state index contributed by atoms with van der Waals surface area (Å²) in [6, 6.07) is 11.5. The highest BCUT2D eigenvalue weighted by Crippen LogP contribution is 2.42. The van der Waals surface area contributed by atoms with Crippen molar-refractivity contribution in [2.24, 2.45) is 5.73 Å². The first-order valence-electron chi connectivity index (χ1n) is 13.3. The van der Waals surface area contributed by atoms with E-state index in [-0.39, 0.29) is 37.3 Å². The van der Waals surface area contributed by atoms with E-state index in [0.717, 1.165) is 0 Å². The number of hydrogen-bond acceptors (Lipinski definition) is 5. The van der Waals surface area contributed by atoms with Gasteiger partial charge < -0.3 is 25.3 Å². The number of rotatable bonds is 11. The summed E-state index contributed by atoms with van der Waals surface area (Å²) >= 11 is 0. The number of carbonyl (C=O) groups is 2. The molecule has 0 saturated carbocycles. The minimum Gasteiger partial charge on any atom is -0.460 e. The number of primary amides is 1. The zero-order chi connectivity index (χ0) is 29.8. The summed E-state index contributed by atoms with van der Waals surface area (Å²) in [5.74, 6) is -2.28. The van der Waals surface area contributed by atoms with Gasteiger partial charge in [-0.1, -0.05) is 26.0 Å². The molecular weight excluding hydrogens is 518 g/mol. The van der Waals surface area contributed by atoms with E-state index in [4.69, 9.17) is 10.5 Å². The Morgan fingerprint density at radius 2 is 1.45 bits per heavy atom. The lowest BCUT2D eigenvalue weighted by Crippen LogP contribution is -2.28. The third-order valence-electron chi connectivity index (χ3n) is 6.40. The molecule has 1 amide bonds. The quantitative estimate of drug-likeness (QED) is 0.268.